The summed E-state index contributed by atoms with van der Waals surface area (Å²) in [5.41, 5.74) is 19.3. The van der Waals surface area contributed by atoms with E-state index < -0.39 is 0 Å². The maximum Gasteiger partial charge on any atom is 0.0622 e. The lowest BCUT2D eigenvalue weighted by Gasteiger charge is -2.27. The third kappa shape index (κ3) is 5.71. The zero-order valence-electron chi connectivity index (χ0n) is 33.2. The lowest BCUT2D eigenvalue weighted by Crippen LogP contribution is -2.15. The molecule has 2 heteroatoms. The molecule has 0 spiro atoms. The molecule has 1 aliphatic rings. The normalized spacial score (nSPS) is 12.7. The molecule has 0 fully saturated rings. The molecule has 0 radical (unpaired) electrons. The Morgan fingerprint density at radius 1 is 0.356 bits per heavy atom. The highest BCUT2D eigenvalue weighted by molar-refractivity contribution is 6.12. The van der Waals surface area contributed by atoms with Crippen LogP contribution in [0.5, 0.6) is 0 Å². The van der Waals surface area contributed by atoms with Crippen molar-refractivity contribution in [1.82, 2.24) is 4.57 Å². The van der Waals surface area contributed by atoms with Crippen LogP contribution in [0.1, 0.15) is 25.0 Å². The Hall–Kier alpha value is -7.42. The fraction of sp³-hybridized carbons (Fsp3) is 0.0526. The topological polar surface area (TPSA) is 8.17 Å². The van der Waals surface area contributed by atoms with Gasteiger partial charge in [0.25, 0.3) is 0 Å². The number of nitrogens with zero attached hydrogens (tertiary/aromatic N) is 2. The molecule has 0 N–H and O–H groups in total. The van der Waals surface area contributed by atoms with Crippen molar-refractivity contribution in [3.8, 4) is 50.2 Å². The predicted octanol–water partition coefficient (Wildman–Crippen LogP) is 15.6. The summed E-state index contributed by atoms with van der Waals surface area (Å²) in [6.45, 7) is 4.75. The molecular formula is C57H42N2. The van der Waals surface area contributed by atoms with Gasteiger partial charge in [0.05, 0.1) is 16.7 Å². The first-order chi connectivity index (χ1) is 29.0. The molecular weight excluding hydrogens is 713 g/mol. The van der Waals surface area contributed by atoms with Crippen molar-refractivity contribution in [1.29, 1.82) is 0 Å². The van der Waals surface area contributed by atoms with Gasteiger partial charge in [-0.25, -0.2) is 0 Å². The smallest absolute Gasteiger partial charge is 0.0622 e. The van der Waals surface area contributed by atoms with E-state index in [1.807, 2.05) is 0 Å². The minimum Gasteiger partial charge on any atom is -0.310 e. The van der Waals surface area contributed by atoms with Gasteiger partial charge in [0, 0.05) is 44.4 Å². The molecule has 1 aliphatic carbocycles. The van der Waals surface area contributed by atoms with E-state index >= 15 is 0 Å². The van der Waals surface area contributed by atoms with Crippen LogP contribution in [0.25, 0.3) is 72.0 Å². The van der Waals surface area contributed by atoms with Gasteiger partial charge in [0.2, 0.25) is 0 Å². The van der Waals surface area contributed by atoms with Gasteiger partial charge in [0.15, 0.2) is 0 Å². The van der Waals surface area contributed by atoms with Gasteiger partial charge >= 0.3 is 0 Å². The van der Waals surface area contributed by atoms with E-state index in [4.69, 9.17) is 0 Å². The minimum atomic E-state index is -0.144. The Labute approximate surface area is 345 Å². The second-order valence-corrected chi connectivity index (χ2v) is 16.1. The monoisotopic (exact) mass is 754 g/mol. The number of rotatable bonds is 7. The summed E-state index contributed by atoms with van der Waals surface area (Å²) in [6, 6.07) is 79.8. The van der Waals surface area contributed by atoms with Gasteiger partial charge < -0.3 is 9.47 Å². The maximum absolute atomic E-state index is 2.56. The van der Waals surface area contributed by atoms with Crippen LogP contribution in [0, 0.1) is 0 Å². The number of anilines is 3. The summed E-state index contributed by atoms with van der Waals surface area (Å²) in [4.78, 5) is 2.40. The molecule has 0 atom stereocenters. The fourth-order valence-electron chi connectivity index (χ4n) is 9.51. The maximum atomic E-state index is 2.56. The quantitative estimate of drug-likeness (QED) is 0.157. The molecule has 59 heavy (non-hydrogen) atoms. The van der Waals surface area contributed by atoms with Crippen molar-refractivity contribution in [3.05, 3.63) is 230 Å². The number of hydrogen-bond donors (Lipinski definition) is 0. The molecule has 0 amide bonds. The lowest BCUT2D eigenvalue weighted by molar-refractivity contribution is 0.660. The van der Waals surface area contributed by atoms with Crippen LogP contribution in [0.4, 0.5) is 17.1 Å². The van der Waals surface area contributed by atoms with Gasteiger partial charge in [-0.15, -0.1) is 0 Å². The van der Waals surface area contributed by atoms with Gasteiger partial charge in [-0.05, 0) is 87.0 Å². The third-order valence-electron chi connectivity index (χ3n) is 12.4. The number of para-hydroxylation sites is 1. The Kier molecular flexibility index (Phi) is 8.20. The molecule has 9 aromatic carbocycles. The Balaban J connectivity index is 1.17. The zero-order chi connectivity index (χ0) is 39.5. The van der Waals surface area contributed by atoms with E-state index in [9.17, 15) is 0 Å². The van der Waals surface area contributed by atoms with Crippen molar-refractivity contribution in [2.24, 2.45) is 0 Å². The standard InChI is InChI=1S/C57H42N2/c1-57(2)51-24-14-12-23-50(51)55-52(57)37-36-47(43-20-10-5-11-21-43)56(55)59-53-25-15-13-22-48(53)49-35-34-46(38-54(49)59)58(44-30-26-41(27-31-44)39-16-6-3-7-17-39)45-32-28-42(29-33-45)40-18-8-4-9-19-40/h3-38H,1-2H3. The predicted molar refractivity (Wildman–Crippen MR) is 249 cm³/mol. The first kappa shape index (κ1) is 34.8. The van der Waals surface area contributed by atoms with Crippen LogP contribution >= 0.6 is 0 Å². The number of fused-ring (bicyclic) bond motifs is 6. The molecule has 0 aliphatic heterocycles. The summed E-state index contributed by atoms with van der Waals surface area (Å²) < 4.78 is 2.56. The van der Waals surface area contributed by atoms with Crippen LogP contribution in [0.2, 0.25) is 0 Å². The first-order valence-corrected chi connectivity index (χ1v) is 20.5. The molecule has 1 heterocycles. The number of hydrogen-bond acceptors (Lipinski definition) is 1. The van der Waals surface area contributed by atoms with E-state index in [1.54, 1.807) is 0 Å². The SMILES string of the molecule is CC1(C)c2ccccc2-c2c1ccc(-c1ccccc1)c2-n1c2ccccc2c2ccc(N(c3ccc(-c4ccccc4)cc3)c3ccc(-c4ccccc4)cc3)cc21. The van der Waals surface area contributed by atoms with Crippen molar-refractivity contribution in [3.63, 3.8) is 0 Å². The summed E-state index contributed by atoms with van der Waals surface area (Å²) in [6.07, 6.45) is 0. The Bertz CT molecular complexity index is 3060. The van der Waals surface area contributed by atoms with E-state index in [0.29, 0.717) is 0 Å². The van der Waals surface area contributed by atoms with Crippen molar-refractivity contribution < 1.29 is 0 Å². The largest absolute Gasteiger partial charge is 0.310 e. The zero-order valence-corrected chi connectivity index (χ0v) is 33.2. The molecule has 10 aromatic rings. The summed E-state index contributed by atoms with van der Waals surface area (Å²) in [5, 5.41) is 2.47. The fourth-order valence-corrected chi connectivity index (χ4v) is 9.51. The molecule has 0 saturated carbocycles. The van der Waals surface area contributed by atoms with Crippen molar-refractivity contribution in [2.45, 2.75) is 19.3 Å². The van der Waals surface area contributed by atoms with E-state index in [1.165, 1.54) is 83.1 Å². The highest BCUT2D eigenvalue weighted by Crippen LogP contribution is 2.54. The molecule has 11 rings (SSSR count). The van der Waals surface area contributed by atoms with Gasteiger partial charge in [-0.3, -0.25) is 0 Å². The molecule has 280 valence electrons. The second-order valence-electron chi connectivity index (χ2n) is 16.1. The first-order valence-electron chi connectivity index (χ1n) is 20.5. The summed E-state index contributed by atoms with van der Waals surface area (Å²) in [7, 11) is 0. The van der Waals surface area contributed by atoms with E-state index in [-0.39, 0.29) is 5.41 Å². The van der Waals surface area contributed by atoms with E-state index in [0.717, 1.165) is 17.1 Å². The summed E-state index contributed by atoms with van der Waals surface area (Å²) in [5.74, 6) is 0. The third-order valence-corrected chi connectivity index (χ3v) is 12.4. The molecule has 0 unspecified atom stereocenters. The Morgan fingerprint density at radius 2 is 0.847 bits per heavy atom. The minimum absolute atomic E-state index is 0.144. The van der Waals surface area contributed by atoms with Crippen LogP contribution in [-0.2, 0) is 5.41 Å². The average molecular weight is 755 g/mol. The van der Waals surface area contributed by atoms with Crippen LogP contribution in [0.3, 0.4) is 0 Å². The molecule has 0 saturated heterocycles. The van der Waals surface area contributed by atoms with E-state index in [2.05, 4.69) is 242 Å². The second kappa shape index (κ2) is 13.9. The summed E-state index contributed by atoms with van der Waals surface area (Å²) >= 11 is 0. The number of aromatic nitrogens is 1. The van der Waals surface area contributed by atoms with Crippen molar-refractivity contribution in [2.75, 3.05) is 4.90 Å². The van der Waals surface area contributed by atoms with Gasteiger partial charge in [0.1, 0.15) is 0 Å². The van der Waals surface area contributed by atoms with Gasteiger partial charge in [-0.1, -0.05) is 190 Å². The van der Waals surface area contributed by atoms with Crippen LogP contribution in [0.15, 0.2) is 218 Å². The Morgan fingerprint density at radius 3 is 1.47 bits per heavy atom. The van der Waals surface area contributed by atoms with Crippen molar-refractivity contribution >= 4 is 38.9 Å². The average Bonchev–Trinajstić information content (AvgIpc) is 3.75. The highest BCUT2D eigenvalue weighted by Gasteiger charge is 2.38. The number of benzene rings is 9. The van der Waals surface area contributed by atoms with Crippen LogP contribution in [-0.4, -0.2) is 4.57 Å². The highest BCUT2D eigenvalue weighted by atomic mass is 15.1. The lowest BCUT2D eigenvalue weighted by atomic mass is 9.82. The molecule has 0 bridgehead atoms. The molecule has 1 aromatic heterocycles. The van der Waals surface area contributed by atoms with Crippen LogP contribution < -0.4 is 4.90 Å². The van der Waals surface area contributed by atoms with Gasteiger partial charge in [-0.2, -0.15) is 0 Å². The molecule has 2 nitrogen and oxygen atoms in total.